The average Bonchev–Trinajstić information content (AvgIpc) is 3.33. The number of aryl methyl sites for hydroxylation is 1. The van der Waals surface area contributed by atoms with Crippen LogP contribution >= 0.6 is 0 Å². The molecule has 0 bridgehead atoms. The van der Waals surface area contributed by atoms with Gasteiger partial charge in [0.05, 0.1) is 12.4 Å². The number of rotatable bonds is 5. The lowest BCUT2D eigenvalue weighted by Crippen LogP contribution is -2.31. The molecular weight excluding hydrogens is 316 g/mol. The molecule has 3 heterocycles. The Hall–Kier alpha value is -2.89. The van der Waals surface area contributed by atoms with Gasteiger partial charge >= 0.3 is 0 Å². The van der Waals surface area contributed by atoms with E-state index in [4.69, 9.17) is 0 Å². The number of amides is 1. The molecule has 3 aromatic rings. The van der Waals surface area contributed by atoms with Gasteiger partial charge in [-0.2, -0.15) is 0 Å². The van der Waals surface area contributed by atoms with Crippen LogP contribution in [-0.2, 0) is 16.1 Å². The van der Waals surface area contributed by atoms with Gasteiger partial charge in [-0.3, -0.25) is 9.59 Å². The summed E-state index contributed by atoms with van der Waals surface area (Å²) in [5.74, 6) is -0.976. The highest BCUT2D eigenvalue weighted by molar-refractivity contribution is 6.39. The van der Waals surface area contributed by atoms with Crippen LogP contribution in [0.5, 0.6) is 0 Å². The van der Waals surface area contributed by atoms with E-state index in [1.54, 1.807) is 17.4 Å². The maximum atomic E-state index is 12.5. The fourth-order valence-electron chi connectivity index (χ4n) is 3.68. The number of nitrogens with one attached hydrogen (secondary N) is 1. The monoisotopic (exact) mass is 336 g/mol. The van der Waals surface area contributed by atoms with Gasteiger partial charge in [-0.05, 0) is 35.6 Å². The molecule has 2 atom stereocenters. The predicted molar refractivity (Wildman–Crippen MR) is 93.8 cm³/mol. The third kappa shape index (κ3) is 2.73. The second-order valence-corrected chi connectivity index (χ2v) is 6.57. The quantitative estimate of drug-likeness (QED) is 0.728. The van der Waals surface area contributed by atoms with Crippen molar-refractivity contribution in [1.29, 1.82) is 0 Å². The molecule has 2 unspecified atom stereocenters. The van der Waals surface area contributed by atoms with E-state index in [2.05, 4.69) is 16.0 Å². The largest absolute Gasteiger partial charge is 0.361 e. The summed E-state index contributed by atoms with van der Waals surface area (Å²) >= 11 is 0. The van der Waals surface area contributed by atoms with Gasteiger partial charge in [-0.25, -0.2) is 4.98 Å². The number of fused-ring (bicyclic) bond motifs is 1. The number of aromatic amines is 1. The first-order chi connectivity index (χ1) is 12.1. The van der Waals surface area contributed by atoms with E-state index in [1.165, 1.54) is 0 Å². The minimum Gasteiger partial charge on any atom is -0.361 e. The Kier molecular flexibility index (Phi) is 3.87. The number of carbonyl (C=O) groups excluding carboxylic acids is 2. The number of likely N-dealkylation sites (tertiary alicyclic amines) is 1. The van der Waals surface area contributed by atoms with Crippen molar-refractivity contribution in [3.8, 4) is 0 Å². The normalized spacial score (nSPS) is 20.8. The lowest BCUT2D eigenvalue weighted by molar-refractivity contribution is -0.141. The van der Waals surface area contributed by atoms with Crippen molar-refractivity contribution in [2.24, 2.45) is 5.92 Å². The number of hydrogen-bond donors (Lipinski definition) is 1. The molecule has 1 N–H and O–H groups in total. The molecule has 1 aliphatic heterocycles. The lowest BCUT2D eigenvalue weighted by Gasteiger charge is -2.26. The summed E-state index contributed by atoms with van der Waals surface area (Å²) in [4.78, 5) is 33.7. The molecule has 6 nitrogen and oxygen atoms in total. The van der Waals surface area contributed by atoms with Crippen LogP contribution in [0.25, 0.3) is 10.9 Å². The van der Waals surface area contributed by atoms with E-state index in [0.717, 1.165) is 29.4 Å². The van der Waals surface area contributed by atoms with Crippen molar-refractivity contribution in [1.82, 2.24) is 19.4 Å². The summed E-state index contributed by atoms with van der Waals surface area (Å²) in [5, 5.41) is 1.09. The Balaban J connectivity index is 1.58. The highest BCUT2D eigenvalue weighted by Crippen LogP contribution is 2.36. The van der Waals surface area contributed by atoms with Crippen LogP contribution in [0.2, 0.25) is 0 Å². The van der Waals surface area contributed by atoms with Crippen LogP contribution in [-0.4, -0.2) is 37.7 Å². The summed E-state index contributed by atoms with van der Waals surface area (Å²) in [7, 11) is 0. The molecule has 4 rings (SSSR count). The Bertz CT molecular complexity index is 913. The number of aromatic nitrogens is 3. The smallest absolute Gasteiger partial charge is 0.290 e. The molecule has 1 saturated heterocycles. The predicted octanol–water partition coefficient (Wildman–Crippen LogP) is 2.54. The summed E-state index contributed by atoms with van der Waals surface area (Å²) in [6.07, 6.45) is 8.08. The van der Waals surface area contributed by atoms with Crippen LogP contribution in [0.1, 0.15) is 24.9 Å². The standard InChI is InChI=1S/C19H20N4O2/c1-13-17(15-3-4-16-14(11-15)5-6-21-16)23(19(25)18(13)24)9-2-8-22-10-7-20-12-22/h3-7,10-13,17,21H,2,8-9H2,1H3. The summed E-state index contributed by atoms with van der Waals surface area (Å²) in [5.41, 5.74) is 2.07. The molecule has 2 aromatic heterocycles. The topological polar surface area (TPSA) is 71.0 Å². The zero-order valence-corrected chi connectivity index (χ0v) is 14.1. The first kappa shape index (κ1) is 15.6. The summed E-state index contributed by atoms with van der Waals surface area (Å²) in [6, 6.07) is 7.90. The van der Waals surface area contributed by atoms with E-state index in [-0.39, 0.29) is 23.7 Å². The number of Topliss-reactive ketones (excluding diaryl/α,β-unsaturated/α-hetero) is 1. The van der Waals surface area contributed by atoms with E-state index < -0.39 is 0 Å². The molecule has 0 spiro atoms. The number of carbonyl (C=O) groups is 2. The molecular formula is C19H20N4O2. The second kappa shape index (κ2) is 6.20. The van der Waals surface area contributed by atoms with Gasteiger partial charge in [0, 0.05) is 43.1 Å². The highest BCUT2D eigenvalue weighted by Gasteiger charge is 2.45. The molecule has 0 saturated carbocycles. The van der Waals surface area contributed by atoms with Crippen LogP contribution < -0.4 is 0 Å². The summed E-state index contributed by atoms with van der Waals surface area (Å²) in [6.45, 7) is 3.18. The van der Waals surface area contributed by atoms with Gasteiger partial charge in [-0.1, -0.05) is 13.0 Å². The number of hydrogen-bond acceptors (Lipinski definition) is 3. The summed E-state index contributed by atoms with van der Waals surface area (Å²) < 4.78 is 1.98. The molecule has 1 aliphatic rings. The van der Waals surface area contributed by atoms with Crippen molar-refractivity contribution < 1.29 is 9.59 Å². The highest BCUT2D eigenvalue weighted by atomic mass is 16.2. The third-order valence-corrected chi connectivity index (χ3v) is 4.99. The third-order valence-electron chi connectivity index (χ3n) is 4.99. The Morgan fingerprint density at radius 3 is 2.88 bits per heavy atom. The number of ketones is 1. The maximum Gasteiger partial charge on any atom is 0.290 e. The Morgan fingerprint density at radius 1 is 1.20 bits per heavy atom. The minimum atomic E-state index is -0.364. The first-order valence-electron chi connectivity index (χ1n) is 8.53. The van der Waals surface area contributed by atoms with Gasteiger partial charge in [0.1, 0.15) is 0 Å². The van der Waals surface area contributed by atoms with Crippen molar-refractivity contribution in [3.05, 3.63) is 54.7 Å². The van der Waals surface area contributed by atoms with E-state index >= 15 is 0 Å². The van der Waals surface area contributed by atoms with Gasteiger partial charge in [0.15, 0.2) is 0 Å². The van der Waals surface area contributed by atoms with Crippen LogP contribution in [0.15, 0.2) is 49.2 Å². The van der Waals surface area contributed by atoms with Crippen LogP contribution in [0.3, 0.4) is 0 Å². The minimum absolute atomic E-state index is 0.193. The molecule has 1 fully saturated rings. The molecule has 128 valence electrons. The van der Waals surface area contributed by atoms with Crippen molar-refractivity contribution in [2.45, 2.75) is 25.9 Å². The van der Waals surface area contributed by atoms with E-state index in [9.17, 15) is 9.59 Å². The average molecular weight is 336 g/mol. The fourth-order valence-corrected chi connectivity index (χ4v) is 3.68. The van der Waals surface area contributed by atoms with Gasteiger partial charge in [-0.15, -0.1) is 0 Å². The van der Waals surface area contributed by atoms with Crippen molar-refractivity contribution >= 4 is 22.6 Å². The van der Waals surface area contributed by atoms with Crippen molar-refractivity contribution in [2.75, 3.05) is 6.54 Å². The van der Waals surface area contributed by atoms with Crippen LogP contribution in [0.4, 0.5) is 0 Å². The van der Waals surface area contributed by atoms with Crippen LogP contribution in [0, 0.1) is 5.92 Å². The zero-order valence-electron chi connectivity index (χ0n) is 14.1. The Morgan fingerprint density at radius 2 is 2.08 bits per heavy atom. The molecule has 6 heteroatoms. The van der Waals surface area contributed by atoms with Gasteiger partial charge in [0.2, 0.25) is 5.78 Å². The lowest BCUT2D eigenvalue weighted by atomic mass is 9.94. The number of H-pyrrole nitrogens is 1. The SMILES string of the molecule is CC1C(=O)C(=O)N(CCCn2ccnc2)C1c1ccc2[nH]ccc2c1. The number of imidazole rings is 1. The van der Waals surface area contributed by atoms with Gasteiger partial charge in [0.25, 0.3) is 5.91 Å². The van der Waals surface area contributed by atoms with E-state index in [0.29, 0.717) is 6.54 Å². The van der Waals surface area contributed by atoms with Crippen molar-refractivity contribution in [3.63, 3.8) is 0 Å². The first-order valence-corrected chi connectivity index (χ1v) is 8.53. The molecule has 1 aromatic carbocycles. The fraction of sp³-hybridized carbons (Fsp3) is 0.316. The molecule has 25 heavy (non-hydrogen) atoms. The molecule has 0 radical (unpaired) electrons. The van der Waals surface area contributed by atoms with Gasteiger partial charge < -0.3 is 14.5 Å². The second-order valence-electron chi connectivity index (χ2n) is 6.57. The number of benzene rings is 1. The molecule has 0 aliphatic carbocycles. The Labute approximate surface area is 145 Å². The number of nitrogens with zero attached hydrogens (tertiary/aromatic N) is 3. The molecule has 1 amide bonds. The van der Waals surface area contributed by atoms with E-state index in [1.807, 2.05) is 42.1 Å². The zero-order chi connectivity index (χ0) is 17.4. The maximum absolute atomic E-state index is 12.5.